The SMILES string of the molecule is CCCCCCCC/C=C\CCCCCCC(S)C(=O)O. The molecule has 0 amide bonds. The van der Waals surface area contributed by atoms with E-state index in [4.69, 9.17) is 5.11 Å². The Bertz CT molecular complexity index is 264. The van der Waals surface area contributed by atoms with Crippen LogP contribution in [0.5, 0.6) is 0 Å². The molecule has 0 spiro atoms. The first-order valence-electron chi connectivity index (χ1n) is 8.74. The van der Waals surface area contributed by atoms with Gasteiger partial charge < -0.3 is 5.11 Å². The van der Waals surface area contributed by atoms with Crippen molar-refractivity contribution in [1.29, 1.82) is 0 Å². The van der Waals surface area contributed by atoms with Gasteiger partial charge in [-0.05, 0) is 32.1 Å². The lowest BCUT2D eigenvalue weighted by atomic mass is 10.1. The van der Waals surface area contributed by atoms with Gasteiger partial charge in [0.25, 0.3) is 0 Å². The van der Waals surface area contributed by atoms with E-state index in [0.717, 1.165) is 12.8 Å². The minimum atomic E-state index is -0.795. The number of unbranched alkanes of at least 4 members (excludes halogenated alkanes) is 10. The van der Waals surface area contributed by atoms with Crippen LogP contribution in [-0.4, -0.2) is 16.3 Å². The second-order valence-electron chi connectivity index (χ2n) is 5.87. The van der Waals surface area contributed by atoms with Crippen LogP contribution in [0.15, 0.2) is 12.2 Å². The zero-order valence-electron chi connectivity index (χ0n) is 13.7. The van der Waals surface area contributed by atoms with Gasteiger partial charge in [-0.3, -0.25) is 4.79 Å². The molecule has 0 fully saturated rings. The van der Waals surface area contributed by atoms with Gasteiger partial charge in [0.2, 0.25) is 0 Å². The minimum Gasteiger partial charge on any atom is -0.480 e. The number of carbonyl (C=O) groups is 1. The number of thiol groups is 1. The van der Waals surface area contributed by atoms with E-state index >= 15 is 0 Å². The van der Waals surface area contributed by atoms with Crippen molar-refractivity contribution in [1.82, 2.24) is 0 Å². The van der Waals surface area contributed by atoms with Crippen molar-refractivity contribution in [2.45, 2.75) is 95.6 Å². The summed E-state index contributed by atoms with van der Waals surface area (Å²) >= 11 is 4.03. The van der Waals surface area contributed by atoms with Crippen LogP contribution >= 0.6 is 12.6 Å². The van der Waals surface area contributed by atoms with E-state index < -0.39 is 11.2 Å². The number of hydrogen-bond acceptors (Lipinski definition) is 2. The predicted molar refractivity (Wildman–Crippen MR) is 95.2 cm³/mol. The van der Waals surface area contributed by atoms with Gasteiger partial charge in [0.15, 0.2) is 0 Å². The molecule has 0 saturated carbocycles. The first kappa shape index (κ1) is 20.6. The lowest BCUT2D eigenvalue weighted by Gasteiger charge is -2.04. The van der Waals surface area contributed by atoms with Crippen LogP contribution in [-0.2, 0) is 4.79 Å². The fourth-order valence-corrected chi connectivity index (χ4v) is 2.54. The summed E-state index contributed by atoms with van der Waals surface area (Å²) in [7, 11) is 0. The van der Waals surface area contributed by atoms with E-state index in [9.17, 15) is 4.79 Å². The van der Waals surface area contributed by atoms with Crippen LogP contribution in [0, 0.1) is 0 Å². The topological polar surface area (TPSA) is 37.3 Å². The molecular formula is C18H34O2S. The van der Waals surface area contributed by atoms with Gasteiger partial charge in [0, 0.05) is 0 Å². The van der Waals surface area contributed by atoms with Crippen molar-refractivity contribution in [3.8, 4) is 0 Å². The second-order valence-corrected chi connectivity index (χ2v) is 6.50. The molecule has 0 saturated heterocycles. The maximum atomic E-state index is 10.6. The Morgan fingerprint density at radius 2 is 1.38 bits per heavy atom. The molecule has 0 bridgehead atoms. The maximum Gasteiger partial charge on any atom is 0.316 e. The highest BCUT2D eigenvalue weighted by molar-refractivity contribution is 7.81. The Morgan fingerprint density at radius 3 is 1.90 bits per heavy atom. The van der Waals surface area contributed by atoms with Gasteiger partial charge in [-0.2, -0.15) is 12.6 Å². The molecule has 2 nitrogen and oxygen atoms in total. The number of allylic oxidation sites excluding steroid dienone is 2. The third-order valence-electron chi connectivity index (χ3n) is 3.77. The first-order chi connectivity index (χ1) is 10.2. The van der Waals surface area contributed by atoms with Crippen molar-refractivity contribution >= 4 is 18.6 Å². The van der Waals surface area contributed by atoms with Gasteiger partial charge >= 0.3 is 5.97 Å². The van der Waals surface area contributed by atoms with Crippen LogP contribution in [0.3, 0.4) is 0 Å². The summed E-state index contributed by atoms with van der Waals surface area (Å²) in [6.45, 7) is 2.26. The summed E-state index contributed by atoms with van der Waals surface area (Å²) in [5.74, 6) is -0.795. The van der Waals surface area contributed by atoms with Crippen LogP contribution in [0.25, 0.3) is 0 Å². The molecule has 0 aliphatic heterocycles. The Hall–Kier alpha value is -0.440. The number of carboxylic acids is 1. The Labute approximate surface area is 136 Å². The normalized spacial score (nSPS) is 12.9. The molecular weight excluding hydrogens is 280 g/mol. The summed E-state index contributed by atoms with van der Waals surface area (Å²) in [6.07, 6.45) is 20.4. The molecule has 0 heterocycles. The van der Waals surface area contributed by atoms with E-state index in [1.54, 1.807) is 0 Å². The molecule has 124 valence electrons. The molecule has 0 aliphatic carbocycles. The van der Waals surface area contributed by atoms with Crippen molar-refractivity contribution in [2.24, 2.45) is 0 Å². The monoisotopic (exact) mass is 314 g/mol. The highest BCUT2D eigenvalue weighted by Crippen LogP contribution is 2.12. The summed E-state index contributed by atoms with van der Waals surface area (Å²) in [4.78, 5) is 10.6. The largest absolute Gasteiger partial charge is 0.480 e. The van der Waals surface area contributed by atoms with Gasteiger partial charge in [-0.1, -0.05) is 70.4 Å². The Kier molecular flexibility index (Phi) is 15.6. The predicted octanol–water partition coefficient (Wildman–Crippen LogP) is 6.02. The number of carboxylic acid groups (broad SMARTS) is 1. The molecule has 0 radical (unpaired) electrons. The average molecular weight is 315 g/mol. The molecule has 1 unspecified atom stereocenters. The van der Waals surface area contributed by atoms with E-state index in [-0.39, 0.29) is 0 Å². The lowest BCUT2D eigenvalue weighted by molar-refractivity contribution is -0.136. The second kappa shape index (κ2) is 15.9. The molecule has 0 rings (SSSR count). The Morgan fingerprint density at radius 1 is 0.905 bits per heavy atom. The van der Waals surface area contributed by atoms with Crippen LogP contribution in [0.2, 0.25) is 0 Å². The molecule has 3 heteroatoms. The van der Waals surface area contributed by atoms with E-state index in [1.165, 1.54) is 64.2 Å². The molecule has 0 aromatic heterocycles. The first-order valence-corrected chi connectivity index (χ1v) is 9.26. The molecule has 0 aromatic rings. The van der Waals surface area contributed by atoms with Gasteiger partial charge in [0.05, 0.1) is 5.25 Å². The average Bonchev–Trinajstić information content (AvgIpc) is 2.47. The third kappa shape index (κ3) is 15.8. The van der Waals surface area contributed by atoms with Gasteiger partial charge in [-0.25, -0.2) is 0 Å². The summed E-state index contributed by atoms with van der Waals surface area (Å²) in [6, 6.07) is 0. The summed E-state index contributed by atoms with van der Waals surface area (Å²) in [5, 5.41) is 8.22. The molecule has 0 aliphatic rings. The maximum absolute atomic E-state index is 10.6. The van der Waals surface area contributed by atoms with Crippen LogP contribution in [0.1, 0.15) is 90.4 Å². The van der Waals surface area contributed by atoms with Crippen molar-refractivity contribution in [2.75, 3.05) is 0 Å². The number of aliphatic carboxylic acids is 1. The molecule has 1 atom stereocenters. The standard InChI is InChI=1S/C18H34O2S/c1-2-3-4-5-6-7-8-9-10-11-12-13-14-15-16-17(21)18(19)20/h9-10,17,21H,2-8,11-16H2,1H3,(H,19,20)/b10-9-. The minimum absolute atomic E-state index is 0.484. The highest BCUT2D eigenvalue weighted by Gasteiger charge is 2.10. The Balaban J connectivity index is 3.17. The third-order valence-corrected chi connectivity index (χ3v) is 4.25. The smallest absolute Gasteiger partial charge is 0.316 e. The highest BCUT2D eigenvalue weighted by atomic mass is 32.1. The fourth-order valence-electron chi connectivity index (χ4n) is 2.36. The van der Waals surface area contributed by atoms with Crippen LogP contribution in [0.4, 0.5) is 0 Å². The van der Waals surface area contributed by atoms with Crippen molar-refractivity contribution in [3.63, 3.8) is 0 Å². The van der Waals surface area contributed by atoms with Crippen molar-refractivity contribution < 1.29 is 9.90 Å². The van der Waals surface area contributed by atoms with E-state index in [1.807, 2.05) is 0 Å². The van der Waals surface area contributed by atoms with Gasteiger partial charge in [-0.15, -0.1) is 0 Å². The summed E-state index contributed by atoms with van der Waals surface area (Å²) in [5.41, 5.74) is 0. The molecule has 0 aromatic carbocycles. The number of hydrogen-bond donors (Lipinski definition) is 2. The van der Waals surface area contributed by atoms with Crippen molar-refractivity contribution in [3.05, 3.63) is 12.2 Å². The molecule has 1 N–H and O–H groups in total. The van der Waals surface area contributed by atoms with Crippen LogP contribution < -0.4 is 0 Å². The number of rotatable bonds is 15. The fraction of sp³-hybridized carbons (Fsp3) is 0.833. The zero-order valence-corrected chi connectivity index (χ0v) is 14.6. The van der Waals surface area contributed by atoms with E-state index in [0.29, 0.717) is 6.42 Å². The van der Waals surface area contributed by atoms with Gasteiger partial charge in [0.1, 0.15) is 0 Å². The van der Waals surface area contributed by atoms with E-state index in [2.05, 4.69) is 31.7 Å². The lowest BCUT2D eigenvalue weighted by Crippen LogP contribution is -2.12. The summed E-state index contributed by atoms with van der Waals surface area (Å²) < 4.78 is 0. The quantitative estimate of drug-likeness (QED) is 0.220. The zero-order chi connectivity index (χ0) is 15.8. The molecule has 21 heavy (non-hydrogen) atoms.